The van der Waals surface area contributed by atoms with Gasteiger partial charge in [-0.2, -0.15) is 0 Å². The number of nitrogens with two attached hydrogens (primary N) is 1. The van der Waals surface area contributed by atoms with E-state index in [1.165, 1.54) is 32.1 Å². The standard InChI is InChI=1S/C14H28N2O/c1-11-5-7-14(17,8-6-11)10-16-13-4-2-3-12(13)9-15/h11-13,16-17H,2-10,15H2,1H3. The van der Waals surface area contributed by atoms with Gasteiger partial charge < -0.3 is 16.2 Å². The van der Waals surface area contributed by atoms with E-state index < -0.39 is 5.60 Å². The molecule has 2 fully saturated rings. The van der Waals surface area contributed by atoms with Crippen molar-refractivity contribution in [1.82, 2.24) is 5.32 Å². The summed E-state index contributed by atoms with van der Waals surface area (Å²) >= 11 is 0. The third-order valence-electron chi connectivity index (χ3n) is 4.86. The molecule has 2 saturated carbocycles. The van der Waals surface area contributed by atoms with E-state index in [1.54, 1.807) is 0 Å². The van der Waals surface area contributed by atoms with Gasteiger partial charge in [-0.25, -0.2) is 0 Å². The zero-order chi connectivity index (χ0) is 12.3. The van der Waals surface area contributed by atoms with Crippen LogP contribution in [0.5, 0.6) is 0 Å². The van der Waals surface area contributed by atoms with Crippen molar-refractivity contribution < 1.29 is 5.11 Å². The molecule has 0 heterocycles. The molecule has 2 unspecified atom stereocenters. The van der Waals surface area contributed by atoms with Crippen molar-refractivity contribution in [1.29, 1.82) is 0 Å². The molecule has 3 heteroatoms. The number of hydrogen-bond acceptors (Lipinski definition) is 3. The Labute approximate surface area is 105 Å². The summed E-state index contributed by atoms with van der Waals surface area (Å²) in [6.07, 6.45) is 8.03. The molecule has 4 N–H and O–H groups in total. The van der Waals surface area contributed by atoms with Gasteiger partial charge in [0.25, 0.3) is 0 Å². The molecule has 2 rings (SSSR count). The van der Waals surface area contributed by atoms with Crippen LogP contribution >= 0.6 is 0 Å². The Morgan fingerprint density at radius 1 is 1.24 bits per heavy atom. The fourth-order valence-electron chi connectivity index (χ4n) is 3.39. The van der Waals surface area contributed by atoms with Crippen molar-refractivity contribution in [3.63, 3.8) is 0 Å². The first-order chi connectivity index (χ1) is 8.13. The molecule has 0 aromatic rings. The minimum absolute atomic E-state index is 0.450. The fourth-order valence-corrected chi connectivity index (χ4v) is 3.39. The molecule has 0 radical (unpaired) electrons. The zero-order valence-electron chi connectivity index (χ0n) is 11.1. The second-order valence-electron chi connectivity index (χ2n) is 6.32. The Morgan fingerprint density at radius 3 is 2.59 bits per heavy atom. The van der Waals surface area contributed by atoms with Gasteiger partial charge in [-0.15, -0.1) is 0 Å². The van der Waals surface area contributed by atoms with Crippen molar-refractivity contribution in [3.8, 4) is 0 Å². The Bertz CT molecular complexity index is 236. The predicted octanol–water partition coefficient (Wildman–Crippen LogP) is 1.64. The molecule has 17 heavy (non-hydrogen) atoms. The molecular weight excluding hydrogens is 212 g/mol. The van der Waals surface area contributed by atoms with Crippen LogP contribution in [-0.4, -0.2) is 29.8 Å². The normalized spacial score (nSPS) is 42.9. The lowest BCUT2D eigenvalue weighted by Gasteiger charge is -2.36. The maximum Gasteiger partial charge on any atom is 0.0771 e. The Hall–Kier alpha value is -0.120. The summed E-state index contributed by atoms with van der Waals surface area (Å²) in [7, 11) is 0. The lowest BCUT2D eigenvalue weighted by molar-refractivity contribution is -0.00894. The van der Waals surface area contributed by atoms with Crippen molar-refractivity contribution in [2.75, 3.05) is 13.1 Å². The quantitative estimate of drug-likeness (QED) is 0.700. The molecule has 0 bridgehead atoms. The molecule has 0 aromatic heterocycles. The minimum Gasteiger partial charge on any atom is -0.389 e. The van der Waals surface area contributed by atoms with Crippen LogP contribution in [-0.2, 0) is 0 Å². The average Bonchev–Trinajstić information content (AvgIpc) is 2.78. The average molecular weight is 240 g/mol. The number of nitrogens with one attached hydrogen (secondary N) is 1. The maximum atomic E-state index is 10.5. The summed E-state index contributed by atoms with van der Waals surface area (Å²) < 4.78 is 0. The van der Waals surface area contributed by atoms with Crippen molar-refractivity contribution >= 4 is 0 Å². The Morgan fingerprint density at radius 2 is 1.94 bits per heavy atom. The molecule has 2 atom stereocenters. The zero-order valence-corrected chi connectivity index (χ0v) is 11.1. The van der Waals surface area contributed by atoms with E-state index in [1.807, 2.05) is 0 Å². The smallest absolute Gasteiger partial charge is 0.0771 e. The van der Waals surface area contributed by atoms with E-state index in [0.29, 0.717) is 12.0 Å². The molecule has 0 saturated heterocycles. The van der Waals surface area contributed by atoms with Crippen molar-refractivity contribution in [2.45, 2.75) is 63.5 Å². The van der Waals surface area contributed by atoms with E-state index in [0.717, 1.165) is 31.8 Å². The van der Waals surface area contributed by atoms with Gasteiger partial charge in [0.2, 0.25) is 0 Å². The first-order valence-corrected chi connectivity index (χ1v) is 7.29. The molecule has 3 nitrogen and oxygen atoms in total. The predicted molar refractivity (Wildman–Crippen MR) is 70.8 cm³/mol. The summed E-state index contributed by atoms with van der Waals surface area (Å²) in [6, 6.07) is 0.545. The van der Waals surface area contributed by atoms with Crippen LogP contribution in [0.15, 0.2) is 0 Å². The first kappa shape index (κ1) is 13.3. The molecule has 0 aromatic carbocycles. The highest BCUT2D eigenvalue weighted by Gasteiger charge is 2.34. The second kappa shape index (κ2) is 5.68. The summed E-state index contributed by atoms with van der Waals surface area (Å²) in [4.78, 5) is 0. The summed E-state index contributed by atoms with van der Waals surface area (Å²) in [5.41, 5.74) is 5.33. The second-order valence-corrected chi connectivity index (χ2v) is 6.32. The molecule has 2 aliphatic carbocycles. The van der Waals surface area contributed by atoms with Crippen LogP contribution in [0.4, 0.5) is 0 Å². The van der Waals surface area contributed by atoms with Crippen LogP contribution in [0.3, 0.4) is 0 Å². The van der Waals surface area contributed by atoms with Gasteiger partial charge in [0, 0.05) is 12.6 Å². The van der Waals surface area contributed by atoms with Crippen molar-refractivity contribution in [3.05, 3.63) is 0 Å². The largest absolute Gasteiger partial charge is 0.389 e. The van der Waals surface area contributed by atoms with Gasteiger partial charge in [0.1, 0.15) is 0 Å². The highest BCUT2D eigenvalue weighted by molar-refractivity contribution is 4.90. The third-order valence-corrected chi connectivity index (χ3v) is 4.86. The van der Waals surface area contributed by atoms with Gasteiger partial charge >= 0.3 is 0 Å². The number of aliphatic hydroxyl groups is 1. The van der Waals surface area contributed by atoms with E-state index >= 15 is 0 Å². The summed E-state index contributed by atoms with van der Waals surface area (Å²) in [5, 5.41) is 14.1. The number of rotatable bonds is 4. The van der Waals surface area contributed by atoms with Crippen LogP contribution in [0.2, 0.25) is 0 Å². The fraction of sp³-hybridized carbons (Fsp3) is 1.00. The summed E-state index contributed by atoms with van der Waals surface area (Å²) in [6.45, 7) is 3.84. The van der Waals surface area contributed by atoms with Gasteiger partial charge in [-0.1, -0.05) is 13.3 Å². The van der Waals surface area contributed by atoms with Crippen molar-refractivity contribution in [2.24, 2.45) is 17.6 Å². The Kier molecular flexibility index (Phi) is 4.45. The molecule has 0 spiro atoms. The van der Waals surface area contributed by atoms with Crippen LogP contribution < -0.4 is 11.1 Å². The topological polar surface area (TPSA) is 58.3 Å². The maximum absolute atomic E-state index is 10.5. The Balaban J connectivity index is 1.77. The van der Waals surface area contributed by atoms with Crippen LogP contribution in [0.25, 0.3) is 0 Å². The SMILES string of the molecule is CC1CCC(O)(CNC2CCCC2CN)CC1. The van der Waals surface area contributed by atoms with E-state index in [4.69, 9.17) is 5.73 Å². The van der Waals surface area contributed by atoms with Crippen LogP contribution in [0.1, 0.15) is 51.9 Å². The molecule has 100 valence electrons. The van der Waals surface area contributed by atoms with Gasteiger partial charge in [0.05, 0.1) is 5.60 Å². The highest BCUT2D eigenvalue weighted by Crippen LogP contribution is 2.32. The third kappa shape index (κ3) is 3.43. The molecule has 0 aliphatic heterocycles. The monoisotopic (exact) mass is 240 g/mol. The molecular formula is C14H28N2O. The summed E-state index contributed by atoms with van der Waals surface area (Å²) in [5.74, 6) is 1.42. The lowest BCUT2D eigenvalue weighted by atomic mass is 9.79. The molecule has 0 amide bonds. The van der Waals surface area contributed by atoms with Gasteiger partial charge in [-0.05, 0) is 56.9 Å². The van der Waals surface area contributed by atoms with Crippen LogP contribution in [0, 0.1) is 11.8 Å². The molecule has 2 aliphatic rings. The van der Waals surface area contributed by atoms with Gasteiger partial charge in [-0.3, -0.25) is 0 Å². The number of hydrogen-bond donors (Lipinski definition) is 3. The van der Waals surface area contributed by atoms with Gasteiger partial charge in [0.15, 0.2) is 0 Å². The van der Waals surface area contributed by atoms with E-state index in [2.05, 4.69) is 12.2 Å². The first-order valence-electron chi connectivity index (χ1n) is 7.29. The lowest BCUT2D eigenvalue weighted by Crippen LogP contribution is -2.48. The highest BCUT2D eigenvalue weighted by atomic mass is 16.3. The minimum atomic E-state index is -0.450. The van der Waals surface area contributed by atoms with E-state index in [-0.39, 0.29) is 0 Å². The van der Waals surface area contributed by atoms with E-state index in [9.17, 15) is 5.11 Å².